The Bertz CT molecular complexity index is 1770. The van der Waals surface area contributed by atoms with E-state index in [0.29, 0.717) is 89.0 Å². The van der Waals surface area contributed by atoms with Crippen molar-refractivity contribution in [1.82, 2.24) is 0 Å². The van der Waals surface area contributed by atoms with Gasteiger partial charge in [-0.05, 0) is 152 Å². The van der Waals surface area contributed by atoms with Crippen LogP contribution in [0.15, 0.2) is 24.3 Å². The minimum absolute atomic E-state index is 0.0571. The molecular formula is C46H66O12. The third-order valence-electron chi connectivity index (χ3n) is 13.0. The first-order valence-corrected chi connectivity index (χ1v) is 21.2. The Morgan fingerprint density at radius 3 is 1.67 bits per heavy atom. The molecule has 2 fully saturated rings. The fraction of sp³-hybridized carbons (Fsp3) is 0.652. The highest BCUT2D eigenvalue weighted by molar-refractivity contribution is 5.79. The molecule has 0 heterocycles. The molecule has 2 aromatic rings. The number of aliphatic carboxylic acids is 4. The van der Waals surface area contributed by atoms with Crippen molar-refractivity contribution in [1.29, 1.82) is 0 Å². The van der Waals surface area contributed by atoms with E-state index in [1.807, 2.05) is 0 Å². The Morgan fingerprint density at radius 1 is 0.621 bits per heavy atom. The molecule has 322 valence electrons. The van der Waals surface area contributed by atoms with E-state index < -0.39 is 51.6 Å². The number of aromatic hydroxyl groups is 3. The van der Waals surface area contributed by atoms with Gasteiger partial charge in [-0.25, -0.2) is 0 Å². The highest BCUT2D eigenvalue weighted by atomic mass is 16.5. The summed E-state index contributed by atoms with van der Waals surface area (Å²) in [6.07, 6.45) is 13.0. The Labute approximate surface area is 342 Å². The average Bonchev–Trinajstić information content (AvgIpc) is 4.08. The lowest BCUT2D eigenvalue weighted by Crippen LogP contribution is -2.23. The number of carbonyl (C=O) groups is 4. The van der Waals surface area contributed by atoms with E-state index >= 15 is 0 Å². The van der Waals surface area contributed by atoms with Gasteiger partial charge in [0.25, 0.3) is 0 Å². The summed E-state index contributed by atoms with van der Waals surface area (Å²) in [6.45, 7) is 6.80. The number of ether oxygens (including phenoxy) is 1. The van der Waals surface area contributed by atoms with Crippen LogP contribution in [0.25, 0.3) is 0 Å². The lowest BCUT2D eigenvalue weighted by Gasteiger charge is -2.19. The van der Waals surface area contributed by atoms with Gasteiger partial charge >= 0.3 is 23.9 Å². The molecule has 2 aromatic carbocycles. The number of carboxylic acids is 4. The predicted molar refractivity (Wildman–Crippen MR) is 219 cm³/mol. The number of benzene rings is 2. The van der Waals surface area contributed by atoms with Crippen LogP contribution in [0.5, 0.6) is 23.0 Å². The molecular weight excluding hydrogens is 744 g/mol. The molecule has 12 heteroatoms. The molecule has 2 aliphatic carbocycles. The smallest absolute Gasteiger partial charge is 0.313 e. The Kier molecular flexibility index (Phi) is 15.5. The maximum atomic E-state index is 12.6. The molecule has 12 nitrogen and oxygen atoms in total. The molecule has 0 amide bonds. The first kappa shape index (κ1) is 46.2. The fourth-order valence-corrected chi connectivity index (χ4v) is 8.14. The zero-order valence-electron chi connectivity index (χ0n) is 34.9. The van der Waals surface area contributed by atoms with Gasteiger partial charge in [0, 0.05) is 12.0 Å². The van der Waals surface area contributed by atoms with Crippen molar-refractivity contribution in [2.75, 3.05) is 0 Å². The minimum atomic E-state index is -1.08. The molecule has 2 unspecified atom stereocenters. The second-order valence-corrected chi connectivity index (χ2v) is 18.4. The minimum Gasteiger partial charge on any atom is -0.504 e. The monoisotopic (exact) mass is 810 g/mol. The zero-order chi connectivity index (χ0) is 42.9. The zero-order valence-corrected chi connectivity index (χ0v) is 34.9. The van der Waals surface area contributed by atoms with Crippen LogP contribution in [0.3, 0.4) is 0 Å². The van der Waals surface area contributed by atoms with Crippen LogP contribution in [0.4, 0.5) is 0 Å². The van der Waals surface area contributed by atoms with E-state index in [1.165, 1.54) is 6.07 Å². The molecule has 0 aromatic heterocycles. The molecule has 0 spiro atoms. The Balaban J connectivity index is 1.33. The van der Waals surface area contributed by atoms with Crippen LogP contribution in [0, 0.1) is 21.7 Å². The van der Waals surface area contributed by atoms with Gasteiger partial charge in [0.2, 0.25) is 0 Å². The number of rotatable bonds is 28. The van der Waals surface area contributed by atoms with E-state index in [0.717, 1.165) is 68.1 Å². The third kappa shape index (κ3) is 12.0. The third-order valence-corrected chi connectivity index (χ3v) is 13.0. The van der Waals surface area contributed by atoms with Crippen molar-refractivity contribution >= 4 is 23.9 Å². The van der Waals surface area contributed by atoms with Crippen LogP contribution in [-0.4, -0.2) is 65.7 Å². The second-order valence-electron chi connectivity index (χ2n) is 18.4. The average molecular weight is 811 g/mol. The lowest BCUT2D eigenvalue weighted by molar-refractivity contribution is -0.148. The summed E-state index contributed by atoms with van der Waals surface area (Å²) in [5.41, 5.74) is 0.175. The number of phenols is 3. The Hall–Kier alpha value is -4.48. The van der Waals surface area contributed by atoms with Gasteiger partial charge in [-0.15, -0.1) is 0 Å². The van der Waals surface area contributed by atoms with Gasteiger partial charge < -0.3 is 40.5 Å². The standard InChI is InChI=1S/C46H66O12/c1-43(2,39(50)51)21-13-9-17-32-28-36(35(48)27-31(32)16-8-5-11-23-45(25-26-45)41(54)55)58-37-29-46(37,42(56)57)24-12-6-7-15-30-19-20-34(47)38(49)33(30)18-10-14-22-44(3,4)40(52)53/h19-20,27-28,37,47-49H,5-18,21-26,29H2,1-4H3,(H,50,51)(H,52,53)(H,54,55)(H,56,57). The summed E-state index contributed by atoms with van der Waals surface area (Å²) in [5, 5.41) is 70.6. The van der Waals surface area contributed by atoms with E-state index in [2.05, 4.69) is 0 Å². The van der Waals surface area contributed by atoms with Crippen LogP contribution >= 0.6 is 0 Å². The number of phenolic OH excluding ortho intramolecular Hbond substituents is 3. The molecule has 0 aliphatic heterocycles. The summed E-state index contributed by atoms with van der Waals surface area (Å²) >= 11 is 0. The van der Waals surface area contributed by atoms with Crippen LogP contribution < -0.4 is 4.74 Å². The normalized spacial score (nSPS) is 18.4. The maximum absolute atomic E-state index is 12.6. The van der Waals surface area contributed by atoms with Crippen molar-refractivity contribution < 1.29 is 59.7 Å². The highest BCUT2D eigenvalue weighted by Crippen LogP contribution is 2.54. The van der Waals surface area contributed by atoms with Crippen molar-refractivity contribution in [3.63, 3.8) is 0 Å². The highest BCUT2D eigenvalue weighted by Gasteiger charge is 2.62. The van der Waals surface area contributed by atoms with Gasteiger partial charge in [-0.1, -0.05) is 44.6 Å². The number of aryl methyl sites for hydroxylation is 3. The summed E-state index contributed by atoms with van der Waals surface area (Å²) in [6, 6.07) is 6.76. The molecule has 58 heavy (non-hydrogen) atoms. The molecule has 2 aliphatic rings. The van der Waals surface area contributed by atoms with Gasteiger partial charge in [0.1, 0.15) is 11.5 Å². The lowest BCUT2D eigenvalue weighted by atomic mass is 9.86. The van der Waals surface area contributed by atoms with Crippen molar-refractivity contribution in [3.8, 4) is 23.0 Å². The largest absolute Gasteiger partial charge is 0.504 e. The van der Waals surface area contributed by atoms with Gasteiger partial charge in [0.15, 0.2) is 23.0 Å². The molecule has 2 atom stereocenters. The predicted octanol–water partition coefficient (Wildman–Crippen LogP) is 9.44. The van der Waals surface area contributed by atoms with Gasteiger partial charge in [0.05, 0.1) is 16.2 Å². The molecule has 0 saturated heterocycles. The fourth-order valence-electron chi connectivity index (χ4n) is 8.14. The van der Waals surface area contributed by atoms with E-state index in [-0.39, 0.29) is 23.0 Å². The van der Waals surface area contributed by atoms with Gasteiger partial charge in [-0.2, -0.15) is 0 Å². The van der Waals surface area contributed by atoms with E-state index in [9.17, 15) is 54.9 Å². The number of carboxylic acid groups (broad SMARTS) is 4. The van der Waals surface area contributed by atoms with Crippen molar-refractivity contribution in [2.24, 2.45) is 21.7 Å². The summed E-state index contributed by atoms with van der Waals surface area (Å²) in [7, 11) is 0. The molecule has 0 radical (unpaired) electrons. The summed E-state index contributed by atoms with van der Waals surface area (Å²) in [4.78, 5) is 47.2. The molecule has 4 rings (SSSR count). The second kappa shape index (κ2) is 19.5. The Morgan fingerprint density at radius 2 is 1.14 bits per heavy atom. The van der Waals surface area contributed by atoms with Crippen molar-refractivity contribution in [3.05, 3.63) is 46.5 Å². The SMILES string of the molecule is CC(C)(CCCCc1cc(OC2CC2(CCCCCc2ccc(O)c(O)c2CCCCC(C)(C)C(=O)O)C(=O)O)c(O)cc1CCCCCC1(C(=O)O)CC1)C(=O)O. The topological polar surface area (TPSA) is 219 Å². The van der Waals surface area contributed by atoms with Crippen molar-refractivity contribution in [2.45, 2.75) is 169 Å². The number of hydrogen-bond donors (Lipinski definition) is 7. The summed E-state index contributed by atoms with van der Waals surface area (Å²) < 4.78 is 6.23. The summed E-state index contributed by atoms with van der Waals surface area (Å²) in [5.74, 6) is -3.52. The molecule has 2 saturated carbocycles. The van der Waals surface area contributed by atoms with Crippen LogP contribution in [0.2, 0.25) is 0 Å². The van der Waals surface area contributed by atoms with E-state index in [4.69, 9.17) is 4.74 Å². The number of unbranched alkanes of at least 4 members (excludes halogenated alkanes) is 6. The molecule has 7 N–H and O–H groups in total. The van der Waals surface area contributed by atoms with Crippen LogP contribution in [0.1, 0.15) is 159 Å². The van der Waals surface area contributed by atoms with Gasteiger partial charge in [-0.3, -0.25) is 19.2 Å². The van der Waals surface area contributed by atoms with E-state index in [1.54, 1.807) is 45.9 Å². The van der Waals surface area contributed by atoms with Crippen LogP contribution in [-0.2, 0) is 44.9 Å². The molecule has 0 bridgehead atoms. The first-order chi connectivity index (χ1) is 27.2. The number of hydrogen-bond acceptors (Lipinski definition) is 8. The quantitative estimate of drug-likeness (QED) is 0.0316. The first-order valence-electron chi connectivity index (χ1n) is 21.2. The maximum Gasteiger partial charge on any atom is 0.313 e.